The second-order valence-corrected chi connectivity index (χ2v) is 18.1. The third-order valence-electron chi connectivity index (χ3n) is 13.8. The molecule has 3 saturated heterocycles. The second kappa shape index (κ2) is 16.3. The van der Waals surface area contributed by atoms with Crippen molar-refractivity contribution in [3.05, 3.63) is 76.1 Å². The van der Waals surface area contributed by atoms with E-state index in [0.29, 0.717) is 52.8 Å². The lowest BCUT2D eigenvalue weighted by Gasteiger charge is -2.55. The summed E-state index contributed by atoms with van der Waals surface area (Å²) in [6, 6.07) is 9.02. The van der Waals surface area contributed by atoms with Gasteiger partial charge in [0.1, 0.15) is 29.4 Å². The van der Waals surface area contributed by atoms with Gasteiger partial charge < -0.3 is 24.4 Å². The Morgan fingerprint density at radius 1 is 0.967 bits per heavy atom. The van der Waals surface area contributed by atoms with E-state index in [1.165, 1.54) is 6.07 Å². The Labute approximate surface area is 352 Å². The van der Waals surface area contributed by atoms with Crippen LogP contribution < -0.4 is 20.3 Å². The van der Waals surface area contributed by atoms with Gasteiger partial charge in [-0.25, -0.2) is 9.37 Å². The second-order valence-electron chi connectivity index (χ2n) is 17.7. The van der Waals surface area contributed by atoms with Crippen molar-refractivity contribution in [2.24, 2.45) is 11.3 Å². The van der Waals surface area contributed by atoms with Crippen LogP contribution in [0.5, 0.6) is 5.75 Å². The summed E-state index contributed by atoms with van der Waals surface area (Å²) in [5.74, 6) is -1.94. The first kappa shape index (κ1) is 40.1. The van der Waals surface area contributed by atoms with Gasteiger partial charge in [0.05, 0.1) is 39.8 Å². The molecule has 6 aliphatic rings. The Morgan fingerprint density at radius 3 is 2.37 bits per heavy atom. The van der Waals surface area contributed by atoms with Gasteiger partial charge >= 0.3 is 0 Å². The fourth-order valence-electron chi connectivity index (χ4n) is 10.3. The number of aromatic nitrogens is 2. The molecule has 1 aromatic heterocycles. The summed E-state index contributed by atoms with van der Waals surface area (Å²) in [5.41, 5.74) is 1.29. The van der Waals surface area contributed by atoms with Crippen LogP contribution in [0.3, 0.4) is 0 Å². The van der Waals surface area contributed by atoms with E-state index in [2.05, 4.69) is 31.2 Å². The normalized spacial score (nSPS) is 26.6. The molecule has 16 heteroatoms. The SMILES string of the molecule is N#Cc1ccc(O[C@H]2CC[C@H](NC(=O)c3cn([C@H]4CC[C@H](CN5CCC6(CC5)CN(c5cc7c(cc5F)C(=O)N(C5CCC(=O)NC5=O)C7=O)C6)CC4)cn3)CC2)cc1Cl. The predicted molar refractivity (Wildman–Crippen MR) is 217 cm³/mol. The number of fused-ring (bicyclic) bond motifs is 1. The molecule has 4 aliphatic heterocycles. The van der Waals surface area contributed by atoms with Gasteiger partial charge in [-0.1, -0.05) is 11.6 Å². The summed E-state index contributed by atoms with van der Waals surface area (Å²) in [7, 11) is 0. The zero-order chi connectivity index (χ0) is 41.7. The highest BCUT2D eigenvalue weighted by molar-refractivity contribution is 6.31. The molecular formula is C44H48ClFN8O6. The molecule has 2 aliphatic carbocycles. The van der Waals surface area contributed by atoms with Crippen LogP contribution in [0.2, 0.25) is 5.02 Å². The molecule has 5 fully saturated rings. The number of nitriles is 1. The molecule has 0 radical (unpaired) electrons. The maximum absolute atomic E-state index is 15.4. The number of halogens is 2. The van der Waals surface area contributed by atoms with E-state index >= 15 is 4.39 Å². The highest BCUT2D eigenvalue weighted by atomic mass is 35.5. The number of likely N-dealkylation sites (tertiary alicyclic amines) is 1. The minimum atomic E-state index is -1.09. The molecule has 3 aromatic rings. The standard InChI is InChI=1S/C44H48ClFN8O6/c45-34-17-31(8-3-27(34)20-47)60-30-9-4-28(5-10-30)49-40(56)36-22-52(25-48-36)29-6-1-26(2-7-29)21-51-15-13-44(14-16-51)23-53(24-44)38-19-33-32(18-35(38)46)42(58)54(43(33)59)37-11-12-39(55)50-41(37)57/h3,8,17-19,22,25-26,28-30,37H,1-2,4-7,9-16,21,23-24H2,(H,49,56)(H,50,55,57)/t26-,28-,29-,30-,37?. The molecular weight excluding hydrogens is 791 g/mol. The van der Waals surface area contributed by atoms with Crippen LogP contribution >= 0.6 is 11.6 Å². The van der Waals surface area contributed by atoms with Crippen LogP contribution in [0.1, 0.15) is 120 Å². The smallest absolute Gasteiger partial charge is 0.271 e. The molecule has 14 nitrogen and oxygen atoms in total. The summed E-state index contributed by atoms with van der Waals surface area (Å²) in [5, 5.41) is 14.8. The van der Waals surface area contributed by atoms with Crippen molar-refractivity contribution in [2.45, 2.75) is 101 Å². The summed E-state index contributed by atoms with van der Waals surface area (Å²) < 4.78 is 23.7. The number of nitrogens with one attached hydrogen (secondary N) is 2. The first-order valence-corrected chi connectivity index (χ1v) is 21.6. The number of imidazole rings is 1. The Hall–Kier alpha value is -5.33. The average Bonchev–Trinajstić information content (AvgIpc) is 3.81. The number of carbonyl (C=O) groups is 5. The van der Waals surface area contributed by atoms with Gasteiger partial charge in [0.25, 0.3) is 17.7 Å². The minimum Gasteiger partial charge on any atom is -0.490 e. The van der Waals surface area contributed by atoms with Gasteiger partial charge in [-0.05, 0) is 114 Å². The highest BCUT2D eigenvalue weighted by Crippen LogP contribution is 2.45. The highest BCUT2D eigenvalue weighted by Gasteiger charge is 2.48. The number of ether oxygens (including phenoxy) is 1. The lowest BCUT2D eigenvalue weighted by molar-refractivity contribution is -0.136. The van der Waals surface area contributed by atoms with E-state index in [0.717, 1.165) is 94.8 Å². The van der Waals surface area contributed by atoms with Gasteiger partial charge in [0.15, 0.2) is 0 Å². The quantitative estimate of drug-likeness (QED) is 0.266. The molecule has 1 spiro atoms. The minimum absolute atomic E-state index is 0.0240. The van der Waals surface area contributed by atoms with E-state index in [1.807, 2.05) is 11.1 Å². The van der Waals surface area contributed by atoms with Crippen molar-refractivity contribution in [1.82, 2.24) is 30.0 Å². The third-order valence-corrected chi connectivity index (χ3v) is 14.1. The molecule has 1 atom stereocenters. The van der Waals surface area contributed by atoms with E-state index in [1.54, 1.807) is 24.5 Å². The number of carbonyl (C=O) groups excluding carboxylic acids is 5. The Balaban J connectivity index is 0.696. The zero-order valence-electron chi connectivity index (χ0n) is 33.3. The van der Waals surface area contributed by atoms with Crippen LogP contribution in [0.15, 0.2) is 42.9 Å². The van der Waals surface area contributed by atoms with Gasteiger partial charge in [-0.15, -0.1) is 0 Å². The summed E-state index contributed by atoms with van der Waals surface area (Å²) in [6.07, 6.45) is 13.3. The number of hydrogen-bond donors (Lipinski definition) is 2. The van der Waals surface area contributed by atoms with E-state index < -0.39 is 35.5 Å². The molecule has 9 rings (SSSR count). The van der Waals surface area contributed by atoms with Gasteiger partial charge in [0, 0.05) is 55.8 Å². The number of amides is 5. The third kappa shape index (κ3) is 7.87. The Kier molecular flexibility index (Phi) is 10.9. The average molecular weight is 839 g/mol. The van der Waals surface area contributed by atoms with Crippen molar-refractivity contribution in [3.63, 3.8) is 0 Å². The molecule has 2 N–H and O–H groups in total. The van der Waals surface area contributed by atoms with Crippen molar-refractivity contribution in [1.29, 1.82) is 5.26 Å². The van der Waals surface area contributed by atoms with Crippen molar-refractivity contribution < 1.29 is 33.1 Å². The lowest BCUT2D eigenvalue weighted by Crippen LogP contribution is -2.61. The van der Waals surface area contributed by atoms with Gasteiger partial charge in [-0.3, -0.25) is 34.2 Å². The van der Waals surface area contributed by atoms with Crippen LogP contribution in [0.4, 0.5) is 10.1 Å². The topological polar surface area (TPSA) is 170 Å². The Bertz CT molecular complexity index is 2260. The summed E-state index contributed by atoms with van der Waals surface area (Å²) in [6.45, 7) is 4.37. The van der Waals surface area contributed by atoms with Crippen LogP contribution in [-0.4, -0.2) is 99.8 Å². The van der Waals surface area contributed by atoms with Crippen molar-refractivity contribution in [3.8, 4) is 11.8 Å². The van der Waals surface area contributed by atoms with Gasteiger partial charge in [0.2, 0.25) is 11.8 Å². The number of nitrogens with zero attached hydrogens (tertiary/aromatic N) is 6. The number of piperidine rings is 2. The molecule has 2 aromatic carbocycles. The molecule has 0 bridgehead atoms. The fraction of sp³-hybridized carbons (Fsp3) is 0.523. The van der Waals surface area contributed by atoms with E-state index in [-0.39, 0.29) is 47.4 Å². The summed E-state index contributed by atoms with van der Waals surface area (Å²) in [4.78, 5) is 73.5. The zero-order valence-corrected chi connectivity index (χ0v) is 34.1. The van der Waals surface area contributed by atoms with Crippen LogP contribution in [-0.2, 0) is 9.59 Å². The fourth-order valence-corrected chi connectivity index (χ4v) is 10.5. The van der Waals surface area contributed by atoms with Crippen LogP contribution in [0.25, 0.3) is 0 Å². The maximum atomic E-state index is 15.4. The first-order chi connectivity index (χ1) is 29.0. The largest absolute Gasteiger partial charge is 0.490 e. The Morgan fingerprint density at radius 2 is 1.68 bits per heavy atom. The van der Waals surface area contributed by atoms with Crippen LogP contribution in [0, 0.1) is 28.5 Å². The maximum Gasteiger partial charge on any atom is 0.271 e. The molecule has 60 heavy (non-hydrogen) atoms. The van der Waals surface area contributed by atoms with Gasteiger partial charge in [-0.2, -0.15) is 5.26 Å². The van der Waals surface area contributed by atoms with Crippen molar-refractivity contribution >= 4 is 46.8 Å². The monoisotopic (exact) mass is 838 g/mol. The van der Waals surface area contributed by atoms with E-state index in [4.69, 9.17) is 21.6 Å². The molecule has 2 saturated carbocycles. The number of imide groups is 2. The number of hydrogen-bond acceptors (Lipinski definition) is 10. The number of anilines is 1. The molecule has 5 amide bonds. The molecule has 1 unspecified atom stereocenters. The molecule has 314 valence electrons. The number of benzene rings is 2. The molecule has 5 heterocycles. The van der Waals surface area contributed by atoms with Crippen molar-refractivity contribution in [2.75, 3.05) is 37.6 Å². The number of rotatable bonds is 9. The lowest BCUT2D eigenvalue weighted by atomic mass is 9.71. The summed E-state index contributed by atoms with van der Waals surface area (Å²) >= 11 is 6.16. The predicted octanol–water partition coefficient (Wildman–Crippen LogP) is 5.40. The van der Waals surface area contributed by atoms with E-state index in [9.17, 15) is 24.0 Å². The first-order valence-electron chi connectivity index (χ1n) is 21.2.